The van der Waals surface area contributed by atoms with Crippen molar-refractivity contribution in [2.75, 3.05) is 66.6 Å². The smallest absolute Gasteiger partial charge is 0.194 e. The molecule has 0 aromatic rings. The fourth-order valence-electron chi connectivity index (χ4n) is 6.07. The summed E-state index contributed by atoms with van der Waals surface area (Å²) >= 11 is 0. The molecule has 0 amide bonds. The van der Waals surface area contributed by atoms with E-state index in [2.05, 4.69) is 41.0 Å². The lowest BCUT2D eigenvalue weighted by molar-refractivity contribution is -0.00270. The molecule has 0 aromatic carbocycles. The van der Waals surface area contributed by atoms with Gasteiger partial charge in [0.1, 0.15) is 0 Å². The van der Waals surface area contributed by atoms with Crippen LogP contribution in [-0.2, 0) is 4.74 Å². The van der Waals surface area contributed by atoms with E-state index >= 15 is 0 Å². The van der Waals surface area contributed by atoms with Crippen molar-refractivity contribution in [3.8, 4) is 0 Å². The fraction of sp³-hybridized carbons (Fsp3) is 0.955. The first-order valence-corrected chi connectivity index (χ1v) is 11.6. The van der Waals surface area contributed by atoms with Gasteiger partial charge in [0.15, 0.2) is 5.96 Å². The first kappa shape index (κ1) is 23.5. The maximum atomic E-state index is 5.62. The third kappa shape index (κ3) is 5.21. The van der Waals surface area contributed by atoms with E-state index in [1.165, 1.54) is 38.8 Å². The van der Waals surface area contributed by atoms with Gasteiger partial charge in [-0.1, -0.05) is 6.42 Å². The van der Waals surface area contributed by atoms with Crippen LogP contribution in [0, 0.1) is 11.8 Å². The van der Waals surface area contributed by atoms with Gasteiger partial charge < -0.3 is 19.9 Å². The zero-order valence-electron chi connectivity index (χ0n) is 18.7. The number of guanidine groups is 1. The van der Waals surface area contributed by atoms with Crippen LogP contribution in [-0.4, -0.2) is 98.8 Å². The van der Waals surface area contributed by atoms with Crippen LogP contribution in [0.4, 0.5) is 0 Å². The van der Waals surface area contributed by atoms with Crippen LogP contribution in [0.3, 0.4) is 0 Å². The molecular formula is C22H42IN5O. The monoisotopic (exact) mass is 519 g/mol. The van der Waals surface area contributed by atoms with Gasteiger partial charge in [0.2, 0.25) is 0 Å². The van der Waals surface area contributed by atoms with Gasteiger partial charge in [-0.2, -0.15) is 0 Å². The Hall–Kier alpha value is -0.120. The molecule has 2 aliphatic heterocycles. The number of nitrogens with one attached hydrogen (secondary N) is 1. The van der Waals surface area contributed by atoms with E-state index in [4.69, 9.17) is 9.73 Å². The normalized spacial score (nSPS) is 32.5. The summed E-state index contributed by atoms with van der Waals surface area (Å²) in [5.74, 6) is 3.14. The molecule has 0 aromatic heterocycles. The van der Waals surface area contributed by atoms with Crippen molar-refractivity contribution < 1.29 is 4.74 Å². The highest BCUT2D eigenvalue weighted by molar-refractivity contribution is 14.0. The van der Waals surface area contributed by atoms with Gasteiger partial charge in [0.05, 0.1) is 6.54 Å². The third-order valence-corrected chi connectivity index (χ3v) is 8.01. The number of hydrogen-bond acceptors (Lipinski definition) is 4. The number of likely N-dealkylation sites (N-methyl/N-ethyl adjacent to an activating group) is 1. The molecule has 2 aliphatic carbocycles. The largest absolute Gasteiger partial charge is 0.381 e. The van der Waals surface area contributed by atoms with E-state index in [0.29, 0.717) is 0 Å². The number of hydrogen-bond donors (Lipinski definition) is 1. The summed E-state index contributed by atoms with van der Waals surface area (Å²) in [6.07, 6.45) is 8.09. The highest BCUT2D eigenvalue weighted by atomic mass is 127. The average molecular weight is 520 g/mol. The number of rotatable bonds is 5. The molecule has 3 atom stereocenters. The second-order valence-electron chi connectivity index (χ2n) is 9.67. The predicted molar refractivity (Wildman–Crippen MR) is 130 cm³/mol. The van der Waals surface area contributed by atoms with Crippen LogP contribution >= 0.6 is 24.0 Å². The van der Waals surface area contributed by atoms with Crippen molar-refractivity contribution in [2.24, 2.45) is 16.8 Å². The molecule has 4 fully saturated rings. The topological polar surface area (TPSA) is 43.3 Å². The third-order valence-electron chi connectivity index (χ3n) is 8.01. The minimum Gasteiger partial charge on any atom is -0.381 e. The number of ether oxygens (including phenoxy) is 1. The summed E-state index contributed by atoms with van der Waals surface area (Å²) in [5, 5.41) is 3.57. The van der Waals surface area contributed by atoms with Gasteiger partial charge in [0.25, 0.3) is 0 Å². The van der Waals surface area contributed by atoms with Crippen LogP contribution < -0.4 is 5.32 Å². The second-order valence-corrected chi connectivity index (χ2v) is 9.67. The molecule has 2 bridgehead atoms. The van der Waals surface area contributed by atoms with Crippen LogP contribution in [0.5, 0.6) is 0 Å². The minimum absolute atomic E-state index is 0. The summed E-state index contributed by atoms with van der Waals surface area (Å²) in [4.78, 5) is 12.8. The lowest BCUT2D eigenvalue weighted by Gasteiger charge is -2.43. The average Bonchev–Trinajstić information content (AvgIpc) is 3.35. The highest BCUT2D eigenvalue weighted by Crippen LogP contribution is 2.46. The Labute approximate surface area is 194 Å². The quantitative estimate of drug-likeness (QED) is 0.344. The molecule has 2 heterocycles. The summed E-state index contributed by atoms with van der Waals surface area (Å²) in [6.45, 7) is 10.3. The van der Waals surface area contributed by atoms with E-state index in [0.717, 1.165) is 76.1 Å². The molecule has 168 valence electrons. The highest BCUT2D eigenvalue weighted by Gasteiger charge is 2.43. The maximum absolute atomic E-state index is 5.62. The van der Waals surface area contributed by atoms with Crippen molar-refractivity contribution in [1.29, 1.82) is 0 Å². The van der Waals surface area contributed by atoms with Crippen molar-refractivity contribution in [2.45, 2.75) is 57.0 Å². The molecule has 4 rings (SSSR count). The fourth-order valence-corrected chi connectivity index (χ4v) is 6.07. The number of nitrogens with zero attached hydrogens (tertiary/aromatic N) is 4. The van der Waals surface area contributed by atoms with Gasteiger partial charge in [-0.05, 0) is 65.0 Å². The number of fused-ring (bicyclic) bond motifs is 2. The Kier molecular flexibility index (Phi) is 8.49. The van der Waals surface area contributed by atoms with E-state index in [9.17, 15) is 0 Å². The standard InChI is InChI=1S/C22H41N5O.HI/c1-4-23-21(24-17-22(25(2)3)7-13-28-14-8-22)27-11-9-26(10-12-27)20-16-18-5-6-19(20)15-18;/h18-20H,4-17H2,1-3H3,(H,23,24);1H. The van der Waals surface area contributed by atoms with E-state index in [1.807, 2.05) is 0 Å². The van der Waals surface area contributed by atoms with E-state index in [1.54, 1.807) is 0 Å². The van der Waals surface area contributed by atoms with Crippen molar-refractivity contribution >= 4 is 29.9 Å². The molecule has 2 saturated heterocycles. The van der Waals surface area contributed by atoms with Gasteiger partial charge >= 0.3 is 0 Å². The molecule has 1 N–H and O–H groups in total. The van der Waals surface area contributed by atoms with Gasteiger partial charge in [-0.25, -0.2) is 0 Å². The predicted octanol–water partition coefficient (Wildman–Crippen LogP) is 2.49. The maximum Gasteiger partial charge on any atom is 0.194 e. The Bertz CT molecular complexity index is 543. The summed E-state index contributed by atoms with van der Waals surface area (Å²) < 4.78 is 5.62. The summed E-state index contributed by atoms with van der Waals surface area (Å²) in [6, 6.07) is 0.875. The van der Waals surface area contributed by atoms with Gasteiger partial charge in [-0.3, -0.25) is 9.89 Å². The van der Waals surface area contributed by atoms with Crippen LogP contribution in [0.15, 0.2) is 4.99 Å². The molecule has 2 saturated carbocycles. The van der Waals surface area contributed by atoms with Crippen molar-refractivity contribution in [1.82, 2.24) is 20.0 Å². The number of piperazine rings is 1. The molecule has 7 heteroatoms. The number of halogens is 1. The molecule has 0 radical (unpaired) electrons. The Morgan fingerprint density at radius 3 is 2.38 bits per heavy atom. The first-order valence-electron chi connectivity index (χ1n) is 11.6. The molecule has 4 aliphatic rings. The zero-order valence-corrected chi connectivity index (χ0v) is 21.1. The zero-order chi connectivity index (χ0) is 19.6. The lowest BCUT2D eigenvalue weighted by atomic mass is 9.89. The van der Waals surface area contributed by atoms with Crippen LogP contribution in [0.2, 0.25) is 0 Å². The Balaban J connectivity index is 0.00000240. The summed E-state index contributed by atoms with van der Waals surface area (Å²) in [5.41, 5.74) is 0.143. The minimum atomic E-state index is 0. The second kappa shape index (κ2) is 10.5. The first-order chi connectivity index (χ1) is 13.6. The molecule has 3 unspecified atom stereocenters. The molecule has 29 heavy (non-hydrogen) atoms. The van der Waals surface area contributed by atoms with E-state index in [-0.39, 0.29) is 29.5 Å². The Morgan fingerprint density at radius 2 is 1.83 bits per heavy atom. The van der Waals surface area contributed by atoms with E-state index < -0.39 is 0 Å². The molecule has 0 spiro atoms. The molecule has 6 nitrogen and oxygen atoms in total. The number of aliphatic imine (C=N–C) groups is 1. The Morgan fingerprint density at radius 1 is 1.10 bits per heavy atom. The van der Waals surface area contributed by atoms with Crippen molar-refractivity contribution in [3.63, 3.8) is 0 Å². The van der Waals surface area contributed by atoms with Crippen LogP contribution in [0.1, 0.15) is 45.4 Å². The van der Waals surface area contributed by atoms with Gasteiger partial charge in [0, 0.05) is 57.5 Å². The van der Waals surface area contributed by atoms with Gasteiger partial charge in [-0.15, -0.1) is 24.0 Å². The van der Waals surface area contributed by atoms with Crippen LogP contribution in [0.25, 0.3) is 0 Å². The molecular weight excluding hydrogens is 477 g/mol. The van der Waals surface area contributed by atoms with Crippen molar-refractivity contribution in [3.05, 3.63) is 0 Å². The summed E-state index contributed by atoms with van der Waals surface area (Å²) in [7, 11) is 4.39. The lowest BCUT2D eigenvalue weighted by Crippen LogP contribution is -2.56. The SMILES string of the molecule is CCNC(=NCC1(N(C)C)CCOCC1)N1CCN(C2CC3CCC2C3)CC1.I.